The van der Waals surface area contributed by atoms with Crippen LogP contribution >= 0.6 is 0 Å². The third kappa shape index (κ3) is 13.0. The van der Waals surface area contributed by atoms with Crippen LogP contribution in [0.2, 0.25) is 0 Å². The van der Waals surface area contributed by atoms with Gasteiger partial charge in [0.2, 0.25) is 23.5 Å². The predicted octanol–water partition coefficient (Wildman–Crippen LogP) is 4.71. The van der Waals surface area contributed by atoms with Crippen LogP contribution in [0.5, 0.6) is 11.5 Å². The van der Waals surface area contributed by atoms with Crippen LogP contribution < -0.4 is 25.4 Å². The van der Waals surface area contributed by atoms with E-state index in [1.54, 1.807) is 52.1 Å². The molecule has 0 spiro atoms. The Morgan fingerprint density at radius 2 is 1.73 bits per heavy atom. The topological polar surface area (TPSA) is 143 Å². The second-order valence-corrected chi connectivity index (χ2v) is 13.5. The highest BCUT2D eigenvalue weighted by Crippen LogP contribution is 2.27. The Balaban J connectivity index is 2.50. The normalized spacial score (nSPS) is 22.0. The highest BCUT2D eigenvalue weighted by molar-refractivity contribution is 6.38. The Morgan fingerprint density at radius 1 is 1.00 bits per heavy atom. The minimum atomic E-state index is -1.28. The van der Waals surface area contributed by atoms with E-state index < -0.39 is 35.6 Å². The predicted molar refractivity (Wildman–Crippen MR) is 186 cm³/mol. The molecule has 2 unspecified atom stereocenters. The Hall–Kier alpha value is -3.89. The van der Waals surface area contributed by atoms with Crippen LogP contribution in [-0.2, 0) is 30.5 Å². The van der Waals surface area contributed by atoms with Gasteiger partial charge >= 0.3 is 0 Å². The van der Waals surface area contributed by atoms with Crippen molar-refractivity contribution in [3.8, 4) is 11.5 Å². The number of carbonyl (C=O) groups is 5. The zero-order valence-electron chi connectivity index (χ0n) is 30.2. The minimum absolute atomic E-state index is 0.0673. The monoisotopic (exact) mass is 670 g/mol. The maximum atomic E-state index is 14.1. The maximum Gasteiger partial charge on any atom is 0.289 e. The van der Waals surface area contributed by atoms with Crippen LogP contribution in [0, 0.1) is 17.8 Å². The number of carbonyl (C=O) groups excluding carboxylic acids is 5. The average molecular weight is 671 g/mol. The molecule has 11 nitrogen and oxygen atoms in total. The Kier molecular flexibility index (Phi) is 17.2. The zero-order valence-corrected chi connectivity index (χ0v) is 30.2. The molecule has 0 aromatic heterocycles. The number of hydrogen-bond donors (Lipinski definition) is 3. The van der Waals surface area contributed by atoms with Crippen molar-refractivity contribution in [1.82, 2.24) is 20.9 Å². The molecule has 1 aliphatic rings. The van der Waals surface area contributed by atoms with Crippen LogP contribution in [0.4, 0.5) is 0 Å². The standard InChI is InChI=1S/C37H58N4O7/c1-9-15-26-16-13-11-10-12-14-17-27(37(46)41(6)23-28-18-19-29(47-7)22-32(28)48-8)21-30(33(42)36(45)38-25(4)5)39-35(44)31(20-24(2)3)40-34(26)43/h12,14,18-19,22,24-27,30-31H,9-11,13,15-17,20-21,23H2,1-8H3,(H,38,45)(H,39,44)(H,40,43)/b14-12+/t26?,27?,30-,31-/m0/s1. The molecule has 4 atom stereocenters. The lowest BCUT2D eigenvalue weighted by Gasteiger charge is -2.29. The van der Waals surface area contributed by atoms with Crippen molar-refractivity contribution in [3.63, 3.8) is 0 Å². The molecule has 1 aliphatic heterocycles. The number of benzene rings is 1. The molecule has 1 aromatic rings. The van der Waals surface area contributed by atoms with Gasteiger partial charge in [0.25, 0.3) is 5.91 Å². The Labute approximate surface area is 286 Å². The van der Waals surface area contributed by atoms with E-state index in [2.05, 4.69) is 16.0 Å². The lowest BCUT2D eigenvalue weighted by atomic mass is 9.90. The van der Waals surface area contributed by atoms with Gasteiger partial charge in [-0.05, 0) is 76.8 Å². The molecule has 1 aromatic carbocycles. The first-order valence-corrected chi connectivity index (χ1v) is 17.4. The number of ketones is 1. The molecule has 0 bridgehead atoms. The highest BCUT2D eigenvalue weighted by Gasteiger charge is 2.35. The van der Waals surface area contributed by atoms with Gasteiger partial charge in [0.05, 0.1) is 20.3 Å². The van der Waals surface area contributed by atoms with E-state index in [0.29, 0.717) is 37.2 Å². The van der Waals surface area contributed by atoms with Gasteiger partial charge in [-0.2, -0.15) is 0 Å². The molecule has 0 saturated heterocycles. The summed E-state index contributed by atoms with van der Waals surface area (Å²) in [6.45, 7) is 9.65. The van der Waals surface area contributed by atoms with Gasteiger partial charge in [0.15, 0.2) is 0 Å². The van der Waals surface area contributed by atoms with Crippen molar-refractivity contribution >= 4 is 29.4 Å². The number of ether oxygens (including phenoxy) is 2. The number of nitrogens with zero attached hydrogens (tertiary/aromatic N) is 1. The molecule has 48 heavy (non-hydrogen) atoms. The molecule has 0 radical (unpaired) electrons. The summed E-state index contributed by atoms with van der Waals surface area (Å²) in [5.41, 5.74) is 0.767. The van der Waals surface area contributed by atoms with E-state index in [0.717, 1.165) is 31.2 Å². The second-order valence-electron chi connectivity index (χ2n) is 13.5. The van der Waals surface area contributed by atoms with E-state index in [1.165, 1.54) is 0 Å². The van der Waals surface area contributed by atoms with Gasteiger partial charge in [-0.15, -0.1) is 0 Å². The SMILES string of the molecule is CCCC1CCCC/C=C/CC(C(=O)N(C)Cc2ccc(OC)cc2OC)C[C@@H](C(=O)C(=O)NC(C)C)NC(=O)[C@H](CC(C)C)NC1=O. The van der Waals surface area contributed by atoms with Crippen molar-refractivity contribution in [2.75, 3.05) is 21.3 Å². The van der Waals surface area contributed by atoms with E-state index in [-0.39, 0.29) is 42.7 Å². The molecule has 268 valence electrons. The summed E-state index contributed by atoms with van der Waals surface area (Å²) in [6, 6.07) is 2.88. The summed E-state index contributed by atoms with van der Waals surface area (Å²) in [5.74, 6) is -2.33. The van der Waals surface area contributed by atoms with Crippen molar-refractivity contribution in [3.05, 3.63) is 35.9 Å². The Bertz CT molecular complexity index is 1260. The molecule has 1 heterocycles. The van der Waals surface area contributed by atoms with Gasteiger partial charge in [0, 0.05) is 43.1 Å². The summed E-state index contributed by atoms with van der Waals surface area (Å²) >= 11 is 0. The van der Waals surface area contributed by atoms with Crippen LogP contribution in [0.1, 0.15) is 98.0 Å². The smallest absolute Gasteiger partial charge is 0.289 e. The average Bonchev–Trinajstić information content (AvgIpc) is 3.04. The Morgan fingerprint density at radius 3 is 2.35 bits per heavy atom. The second kappa shape index (κ2) is 20.5. The zero-order chi connectivity index (χ0) is 35.8. The summed E-state index contributed by atoms with van der Waals surface area (Å²) < 4.78 is 10.8. The first-order valence-electron chi connectivity index (χ1n) is 17.4. The summed E-state index contributed by atoms with van der Waals surface area (Å²) in [7, 11) is 4.79. The summed E-state index contributed by atoms with van der Waals surface area (Å²) in [6.07, 6.45) is 9.33. The number of nitrogens with one attached hydrogen (secondary N) is 3. The molecule has 4 amide bonds. The molecular weight excluding hydrogens is 612 g/mol. The summed E-state index contributed by atoms with van der Waals surface area (Å²) in [4.78, 5) is 69.5. The number of Topliss-reactive ketones (excluding diaryl/α,β-unsaturated/α-hetero) is 1. The summed E-state index contributed by atoms with van der Waals surface area (Å²) in [5, 5.41) is 8.37. The van der Waals surface area contributed by atoms with Gasteiger partial charge in [-0.25, -0.2) is 0 Å². The molecule has 0 aliphatic carbocycles. The fourth-order valence-corrected chi connectivity index (χ4v) is 5.98. The van der Waals surface area contributed by atoms with E-state index in [9.17, 15) is 24.0 Å². The van der Waals surface area contributed by atoms with E-state index >= 15 is 0 Å². The van der Waals surface area contributed by atoms with Gasteiger partial charge < -0.3 is 30.3 Å². The van der Waals surface area contributed by atoms with E-state index in [4.69, 9.17) is 9.47 Å². The van der Waals surface area contributed by atoms with Crippen LogP contribution in [0.25, 0.3) is 0 Å². The third-order valence-corrected chi connectivity index (χ3v) is 8.53. The van der Waals surface area contributed by atoms with Gasteiger partial charge in [-0.3, -0.25) is 24.0 Å². The quantitative estimate of drug-likeness (QED) is 0.216. The fourth-order valence-electron chi connectivity index (χ4n) is 5.98. The van der Waals surface area contributed by atoms with Gasteiger partial charge in [-0.1, -0.05) is 45.8 Å². The van der Waals surface area contributed by atoms with Gasteiger partial charge in [0.1, 0.15) is 17.5 Å². The van der Waals surface area contributed by atoms with Crippen LogP contribution in [-0.4, -0.2) is 73.7 Å². The van der Waals surface area contributed by atoms with E-state index in [1.807, 2.05) is 39.0 Å². The van der Waals surface area contributed by atoms with Crippen molar-refractivity contribution in [1.29, 1.82) is 0 Å². The number of amides is 4. The number of allylic oxidation sites excluding steroid dienone is 2. The first kappa shape index (κ1) is 40.3. The first-order chi connectivity index (χ1) is 22.8. The lowest BCUT2D eigenvalue weighted by Crippen LogP contribution is -2.56. The van der Waals surface area contributed by atoms with Crippen LogP contribution in [0.15, 0.2) is 30.4 Å². The fraction of sp³-hybridized carbons (Fsp3) is 0.649. The number of hydrogen-bond acceptors (Lipinski definition) is 7. The van der Waals surface area contributed by atoms with Crippen LogP contribution in [0.3, 0.4) is 0 Å². The lowest BCUT2D eigenvalue weighted by molar-refractivity contribution is -0.142. The van der Waals surface area contributed by atoms with Crippen molar-refractivity contribution in [2.45, 2.75) is 117 Å². The minimum Gasteiger partial charge on any atom is -0.497 e. The molecular formula is C37H58N4O7. The third-order valence-electron chi connectivity index (χ3n) is 8.53. The molecule has 0 saturated carbocycles. The maximum absolute atomic E-state index is 14.1. The molecule has 0 fully saturated rings. The van der Waals surface area contributed by atoms with Crippen molar-refractivity contribution in [2.24, 2.45) is 17.8 Å². The molecule has 11 heteroatoms. The molecule has 2 rings (SSSR count). The van der Waals surface area contributed by atoms with Crippen molar-refractivity contribution < 1.29 is 33.4 Å². The number of rotatable bonds is 12. The number of methoxy groups -OCH3 is 2. The largest absolute Gasteiger partial charge is 0.497 e. The highest BCUT2D eigenvalue weighted by atomic mass is 16.5. The molecule has 3 N–H and O–H groups in total.